The molecule has 0 radical (unpaired) electrons. The van der Waals surface area contributed by atoms with E-state index in [0.29, 0.717) is 6.61 Å². The Bertz CT molecular complexity index is 497. The van der Waals surface area contributed by atoms with Gasteiger partial charge in [-0.25, -0.2) is 0 Å². The lowest BCUT2D eigenvalue weighted by molar-refractivity contribution is 0.316. The van der Waals surface area contributed by atoms with Gasteiger partial charge in [-0.05, 0) is 30.7 Å². The molecule has 2 rings (SSSR count). The van der Waals surface area contributed by atoms with Crippen LogP contribution in [0.1, 0.15) is 13.3 Å². The van der Waals surface area contributed by atoms with Crippen molar-refractivity contribution in [2.75, 3.05) is 17.7 Å². The zero-order valence-corrected chi connectivity index (χ0v) is 10.4. The van der Waals surface area contributed by atoms with Gasteiger partial charge in [-0.3, -0.25) is 4.98 Å². The molecular formula is C14H17N3O. The molecule has 0 saturated heterocycles. The second kappa shape index (κ2) is 5.91. The van der Waals surface area contributed by atoms with E-state index >= 15 is 0 Å². The maximum atomic E-state index is 5.64. The molecular weight excluding hydrogens is 226 g/mol. The molecule has 0 amide bonds. The lowest BCUT2D eigenvalue weighted by Crippen LogP contribution is -1.97. The molecule has 2 aromatic rings. The Labute approximate surface area is 107 Å². The molecule has 0 atom stereocenters. The van der Waals surface area contributed by atoms with Crippen LogP contribution in [-0.2, 0) is 0 Å². The Balaban J connectivity index is 2.06. The summed E-state index contributed by atoms with van der Waals surface area (Å²) in [5.41, 5.74) is 8.26. The highest BCUT2D eigenvalue weighted by molar-refractivity contribution is 5.61. The Morgan fingerprint density at radius 2 is 1.94 bits per heavy atom. The van der Waals surface area contributed by atoms with Crippen molar-refractivity contribution < 1.29 is 4.74 Å². The molecule has 0 aliphatic carbocycles. The van der Waals surface area contributed by atoms with Crippen molar-refractivity contribution in [1.82, 2.24) is 4.98 Å². The zero-order valence-electron chi connectivity index (χ0n) is 10.4. The minimum Gasteiger partial charge on any atom is -0.492 e. The monoisotopic (exact) mass is 243 g/mol. The number of pyridine rings is 1. The normalized spacial score (nSPS) is 10.1. The lowest BCUT2D eigenvalue weighted by atomic mass is 10.3. The molecule has 0 aliphatic rings. The van der Waals surface area contributed by atoms with Gasteiger partial charge in [0.05, 0.1) is 24.7 Å². The van der Waals surface area contributed by atoms with Gasteiger partial charge >= 0.3 is 0 Å². The van der Waals surface area contributed by atoms with E-state index in [0.717, 1.165) is 29.2 Å². The molecule has 0 unspecified atom stereocenters. The van der Waals surface area contributed by atoms with Crippen LogP contribution in [-0.4, -0.2) is 11.6 Å². The first-order valence-corrected chi connectivity index (χ1v) is 5.98. The quantitative estimate of drug-likeness (QED) is 0.792. The average Bonchev–Trinajstić information content (AvgIpc) is 2.40. The summed E-state index contributed by atoms with van der Waals surface area (Å²) >= 11 is 0. The third-order valence-corrected chi connectivity index (χ3v) is 2.39. The Kier molecular flexibility index (Phi) is 4.02. The highest BCUT2D eigenvalue weighted by atomic mass is 16.5. The van der Waals surface area contributed by atoms with Crippen molar-refractivity contribution in [2.24, 2.45) is 0 Å². The summed E-state index contributed by atoms with van der Waals surface area (Å²) in [6, 6.07) is 9.49. The topological polar surface area (TPSA) is 60.2 Å². The fourth-order valence-corrected chi connectivity index (χ4v) is 1.52. The molecule has 94 valence electrons. The van der Waals surface area contributed by atoms with Gasteiger partial charge < -0.3 is 15.8 Å². The lowest BCUT2D eigenvalue weighted by Gasteiger charge is -2.09. The Morgan fingerprint density at radius 1 is 1.17 bits per heavy atom. The number of hydrogen-bond donors (Lipinski definition) is 2. The largest absolute Gasteiger partial charge is 0.492 e. The van der Waals surface area contributed by atoms with Gasteiger partial charge in [-0.2, -0.15) is 0 Å². The second-order valence-electron chi connectivity index (χ2n) is 4.00. The van der Waals surface area contributed by atoms with Gasteiger partial charge in [0.25, 0.3) is 0 Å². The van der Waals surface area contributed by atoms with E-state index in [9.17, 15) is 0 Å². The molecule has 4 heteroatoms. The smallest absolute Gasteiger partial charge is 0.139 e. The van der Waals surface area contributed by atoms with E-state index in [1.807, 2.05) is 30.3 Å². The van der Waals surface area contributed by atoms with Gasteiger partial charge in [-0.1, -0.05) is 6.92 Å². The van der Waals surface area contributed by atoms with Crippen molar-refractivity contribution >= 4 is 17.1 Å². The minimum absolute atomic E-state index is 0.701. The minimum atomic E-state index is 0.701. The summed E-state index contributed by atoms with van der Waals surface area (Å²) in [7, 11) is 0. The van der Waals surface area contributed by atoms with E-state index in [-0.39, 0.29) is 0 Å². The molecule has 0 bridgehead atoms. The standard InChI is InChI=1S/C14H17N3O/c1-2-7-18-14-8-13(9-16-10-14)17-12-5-3-11(15)4-6-12/h3-6,8-10,17H,2,7,15H2,1H3. The molecule has 1 aromatic carbocycles. The van der Waals surface area contributed by atoms with Crippen LogP contribution < -0.4 is 15.8 Å². The average molecular weight is 243 g/mol. The summed E-state index contributed by atoms with van der Waals surface area (Å²) in [5.74, 6) is 0.775. The van der Waals surface area contributed by atoms with E-state index in [1.54, 1.807) is 12.4 Å². The summed E-state index contributed by atoms with van der Waals surface area (Å²) in [5, 5.41) is 3.25. The summed E-state index contributed by atoms with van der Waals surface area (Å²) in [6.07, 6.45) is 4.45. The number of nitrogen functional groups attached to an aromatic ring is 1. The third kappa shape index (κ3) is 3.38. The van der Waals surface area contributed by atoms with Crippen molar-refractivity contribution in [2.45, 2.75) is 13.3 Å². The molecule has 18 heavy (non-hydrogen) atoms. The summed E-state index contributed by atoms with van der Waals surface area (Å²) in [4.78, 5) is 4.14. The molecule has 0 aliphatic heterocycles. The maximum absolute atomic E-state index is 5.64. The SMILES string of the molecule is CCCOc1cncc(Nc2ccc(N)cc2)c1. The number of nitrogens with two attached hydrogens (primary N) is 1. The number of nitrogens with one attached hydrogen (secondary N) is 1. The van der Waals surface area contributed by atoms with Crippen LogP contribution in [0.2, 0.25) is 0 Å². The van der Waals surface area contributed by atoms with E-state index in [4.69, 9.17) is 10.5 Å². The number of hydrogen-bond acceptors (Lipinski definition) is 4. The van der Waals surface area contributed by atoms with Crippen molar-refractivity contribution in [3.05, 3.63) is 42.7 Å². The molecule has 4 nitrogen and oxygen atoms in total. The Hall–Kier alpha value is -2.23. The predicted octanol–water partition coefficient (Wildman–Crippen LogP) is 3.20. The van der Waals surface area contributed by atoms with Gasteiger partial charge in [0.1, 0.15) is 5.75 Å². The van der Waals surface area contributed by atoms with Crippen LogP contribution >= 0.6 is 0 Å². The van der Waals surface area contributed by atoms with Gasteiger partial charge in [-0.15, -0.1) is 0 Å². The predicted molar refractivity (Wildman–Crippen MR) is 74.2 cm³/mol. The third-order valence-electron chi connectivity index (χ3n) is 2.39. The number of benzene rings is 1. The van der Waals surface area contributed by atoms with Gasteiger partial charge in [0.15, 0.2) is 0 Å². The first-order chi connectivity index (χ1) is 8.78. The second-order valence-corrected chi connectivity index (χ2v) is 4.00. The van der Waals surface area contributed by atoms with E-state index in [1.165, 1.54) is 0 Å². The zero-order chi connectivity index (χ0) is 12.8. The van der Waals surface area contributed by atoms with Crippen LogP contribution in [0, 0.1) is 0 Å². The van der Waals surface area contributed by atoms with Crippen LogP contribution in [0.15, 0.2) is 42.7 Å². The molecule has 1 heterocycles. The maximum Gasteiger partial charge on any atom is 0.139 e. The van der Waals surface area contributed by atoms with Crippen LogP contribution in [0.25, 0.3) is 0 Å². The van der Waals surface area contributed by atoms with Crippen molar-refractivity contribution in [3.63, 3.8) is 0 Å². The van der Waals surface area contributed by atoms with Crippen molar-refractivity contribution in [3.8, 4) is 5.75 Å². The number of ether oxygens (including phenoxy) is 1. The van der Waals surface area contributed by atoms with Crippen LogP contribution in [0.3, 0.4) is 0 Å². The van der Waals surface area contributed by atoms with E-state index in [2.05, 4.69) is 17.2 Å². The van der Waals surface area contributed by atoms with Crippen molar-refractivity contribution in [1.29, 1.82) is 0 Å². The summed E-state index contributed by atoms with van der Waals surface area (Å²) < 4.78 is 5.53. The molecule has 0 spiro atoms. The number of aromatic nitrogens is 1. The Morgan fingerprint density at radius 3 is 2.67 bits per heavy atom. The number of nitrogens with zero attached hydrogens (tertiary/aromatic N) is 1. The first-order valence-electron chi connectivity index (χ1n) is 5.98. The first kappa shape index (κ1) is 12.2. The number of rotatable bonds is 5. The fourth-order valence-electron chi connectivity index (χ4n) is 1.52. The van der Waals surface area contributed by atoms with Gasteiger partial charge in [0, 0.05) is 17.4 Å². The van der Waals surface area contributed by atoms with Gasteiger partial charge in [0.2, 0.25) is 0 Å². The molecule has 1 aromatic heterocycles. The highest BCUT2D eigenvalue weighted by Crippen LogP contribution is 2.20. The van der Waals surface area contributed by atoms with E-state index < -0.39 is 0 Å². The van der Waals surface area contributed by atoms with Crippen LogP contribution in [0.5, 0.6) is 5.75 Å². The fraction of sp³-hybridized carbons (Fsp3) is 0.214. The van der Waals surface area contributed by atoms with Crippen LogP contribution in [0.4, 0.5) is 17.1 Å². The molecule has 0 fully saturated rings. The molecule has 3 N–H and O–H groups in total. The summed E-state index contributed by atoms with van der Waals surface area (Å²) in [6.45, 7) is 2.77. The molecule has 0 saturated carbocycles. The number of anilines is 3. The highest BCUT2D eigenvalue weighted by Gasteiger charge is 1.98.